The Balaban J connectivity index is 1.53. The van der Waals surface area contributed by atoms with Gasteiger partial charge in [-0.3, -0.25) is 4.79 Å². The van der Waals surface area contributed by atoms with Crippen molar-refractivity contribution in [3.8, 4) is 5.75 Å². The van der Waals surface area contributed by atoms with Gasteiger partial charge in [-0.1, -0.05) is 42.5 Å². The maximum Gasteiger partial charge on any atom is 0.408 e. The average molecular weight is 516 g/mol. The number of hydrogen-bond acceptors (Lipinski definition) is 7. The molecule has 1 heterocycles. The summed E-state index contributed by atoms with van der Waals surface area (Å²) in [6, 6.07) is 15.1. The molecule has 1 aliphatic heterocycles. The lowest BCUT2D eigenvalue weighted by atomic mass is 9.92. The summed E-state index contributed by atoms with van der Waals surface area (Å²) >= 11 is 0. The van der Waals surface area contributed by atoms with E-state index in [4.69, 9.17) is 18.9 Å². The van der Waals surface area contributed by atoms with Gasteiger partial charge in [0.1, 0.15) is 23.5 Å². The molecule has 0 radical (unpaired) electrons. The topological polar surface area (TPSA) is 141 Å². The summed E-state index contributed by atoms with van der Waals surface area (Å²) in [6.07, 6.45) is -1.88. The molecule has 10 heteroatoms. The molecule has 0 aliphatic carbocycles. The number of carbonyl (C=O) groups is 3. The van der Waals surface area contributed by atoms with Crippen LogP contribution >= 0.6 is 0 Å². The van der Waals surface area contributed by atoms with Crippen LogP contribution in [0.15, 0.2) is 54.6 Å². The molecule has 3 rings (SSSR count). The summed E-state index contributed by atoms with van der Waals surface area (Å²) in [4.78, 5) is 35.5. The van der Waals surface area contributed by atoms with Gasteiger partial charge in [-0.15, -0.1) is 0 Å². The third kappa shape index (κ3) is 9.07. The van der Waals surface area contributed by atoms with E-state index >= 15 is 0 Å². The quantitative estimate of drug-likeness (QED) is 0.431. The van der Waals surface area contributed by atoms with Crippen molar-refractivity contribution in [1.82, 2.24) is 5.32 Å². The van der Waals surface area contributed by atoms with Gasteiger partial charge in [-0.2, -0.15) is 0 Å². The van der Waals surface area contributed by atoms with E-state index in [-0.39, 0.29) is 18.9 Å². The van der Waals surface area contributed by atoms with Crippen molar-refractivity contribution in [2.75, 3.05) is 13.2 Å². The Morgan fingerprint density at radius 3 is 2.14 bits per heavy atom. The molecule has 0 spiro atoms. The summed E-state index contributed by atoms with van der Waals surface area (Å²) in [6.45, 7) is 5.63. The third-order valence-electron chi connectivity index (χ3n) is 5.51. The third-order valence-corrected chi connectivity index (χ3v) is 5.51. The average Bonchev–Trinajstić information content (AvgIpc) is 2.84. The second-order valence-electron chi connectivity index (χ2n) is 9.81. The van der Waals surface area contributed by atoms with Gasteiger partial charge in [0, 0.05) is 5.56 Å². The highest BCUT2D eigenvalue weighted by Crippen LogP contribution is 2.25. The molecule has 1 saturated heterocycles. The van der Waals surface area contributed by atoms with Crippen molar-refractivity contribution in [2.24, 2.45) is 5.92 Å². The molecule has 2 aromatic carbocycles. The van der Waals surface area contributed by atoms with Gasteiger partial charge in [0.15, 0.2) is 6.29 Å². The van der Waals surface area contributed by atoms with Crippen molar-refractivity contribution in [3.63, 3.8) is 0 Å². The van der Waals surface area contributed by atoms with Gasteiger partial charge in [-0.05, 0) is 51.3 Å². The largest absolute Gasteiger partial charge is 0.486 e. The smallest absolute Gasteiger partial charge is 0.408 e. The van der Waals surface area contributed by atoms with Gasteiger partial charge >= 0.3 is 18.0 Å². The first kappa shape index (κ1) is 27.9. The lowest BCUT2D eigenvalue weighted by molar-refractivity contribution is -0.215. The highest BCUT2D eigenvalue weighted by Gasteiger charge is 2.30. The minimum absolute atomic E-state index is 0.0732. The molecule has 0 aromatic heterocycles. The predicted molar refractivity (Wildman–Crippen MR) is 132 cm³/mol. The van der Waals surface area contributed by atoms with Crippen molar-refractivity contribution in [1.29, 1.82) is 0 Å². The van der Waals surface area contributed by atoms with Crippen molar-refractivity contribution in [3.05, 3.63) is 65.7 Å². The fraction of sp³-hybridized carbons (Fsp3) is 0.444. The van der Waals surface area contributed by atoms with Crippen LogP contribution in [0.2, 0.25) is 0 Å². The Labute approximate surface area is 215 Å². The Morgan fingerprint density at radius 1 is 0.973 bits per heavy atom. The van der Waals surface area contributed by atoms with Crippen LogP contribution in [0.1, 0.15) is 44.6 Å². The van der Waals surface area contributed by atoms with Crippen LogP contribution in [0, 0.1) is 5.92 Å². The monoisotopic (exact) mass is 515 g/mol. The van der Waals surface area contributed by atoms with Gasteiger partial charge < -0.3 is 34.5 Å². The van der Waals surface area contributed by atoms with E-state index in [1.165, 1.54) is 0 Å². The first-order valence-corrected chi connectivity index (χ1v) is 12.0. The van der Waals surface area contributed by atoms with E-state index < -0.39 is 41.9 Å². The van der Waals surface area contributed by atoms with E-state index in [1.807, 2.05) is 30.3 Å². The molecule has 0 bridgehead atoms. The molecular weight excluding hydrogens is 482 g/mol. The highest BCUT2D eigenvalue weighted by molar-refractivity contribution is 5.81. The molecule has 1 amide bonds. The Kier molecular flexibility index (Phi) is 9.48. The van der Waals surface area contributed by atoms with Crippen LogP contribution in [0.5, 0.6) is 5.75 Å². The van der Waals surface area contributed by atoms with Crippen molar-refractivity contribution in [2.45, 2.75) is 57.6 Å². The molecule has 37 heavy (non-hydrogen) atoms. The molecule has 2 atom stereocenters. The lowest BCUT2D eigenvalue weighted by Crippen LogP contribution is -2.45. The Hall–Kier alpha value is -3.63. The Bertz CT molecular complexity index is 1040. The van der Waals surface area contributed by atoms with Crippen LogP contribution in [0.25, 0.3) is 0 Å². The zero-order valence-electron chi connectivity index (χ0n) is 21.1. The Morgan fingerprint density at radius 2 is 1.59 bits per heavy atom. The van der Waals surface area contributed by atoms with Gasteiger partial charge in [0.2, 0.25) is 0 Å². The van der Waals surface area contributed by atoms with Crippen molar-refractivity contribution < 1.29 is 43.5 Å². The predicted octanol–water partition coefficient (Wildman–Crippen LogP) is 3.79. The van der Waals surface area contributed by atoms with E-state index in [2.05, 4.69) is 5.32 Å². The number of ether oxygens (including phenoxy) is 4. The van der Waals surface area contributed by atoms with E-state index in [1.54, 1.807) is 45.0 Å². The fourth-order valence-electron chi connectivity index (χ4n) is 3.76. The minimum atomic E-state index is -1.41. The normalized spacial score (nSPS) is 19.3. The van der Waals surface area contributed by atoms with Crippen LogP contribution in [0.4, 0.5) is 4.79 Å². The molecular formula is C27H33NO9. The second kappa shape index (κ2) is 12.6. The highest BCUT2D eigenvalue weighted by atomic mass is 16.7. The van der Waals surface area contributed by atoms with Gasteiger partial charge in [-0.25, -0.2) is 9.59 Å². The van der Waals surface area contributed by atoms with E-state index in [9.17, 15) is 24.6 Å². The van der Waals surface area contributed by atoms with Crippen LogP contribution in [-0.2, 0) is 30.2 Å². The fourth-order valence-corrected chi connectivity index (χ4v) is 3.76. The van der Waals surface area contributed by atoms with Gasteiger partial charge in [0.05, 0.1) is 19.1 Å². The summed E-state index contributed by atoms with van der Waals surface area (Å²) in [5.41, 5.74) is 0.800. The number of benzene rings is 2. The number of carboxylic acid groups (broad SMARTS) is 2. The minimum Gasteiger partial charge on any atom is -0.486 e. The maximum atomic E-state index is 12.0. The van der Waals surface area contributed by atoms with Crippen LogP contribution < -0.4 is 10.1 Å². The van der Waals surface area contributed by atoms with E-state index in [0.717, 1.165) is 5.56 Å². The number of nitrogens with one attached hydrogen (secondary N) is 1. The maximum absolute atomic E-state index is 12.0. The molecule has 2 aromatic rings. The second-order valence-corrected chi connectivity index (χ2v) is 9.81. The lowest BCUT2D eigenvalue weighted by Gasteiger charge is -2.30. The van der Waals surface area contributed by atoms with Crippen molar-refractivity contribution >= 4 is 18.0 Å². The summed E-state index contributed by atoms with van der Waals surface area (Å²) in [7, 11) is 0. The standard InChI is InChI=1S/C27H33NO9/c1-27(2,3)37-26(33)28-22(24(31)32)14-19(23(29)30)13-17-9-11-20(12-10-17)36-21-15-34-25(35-16-21)18-7-5-4-6-8-18/h4-12,19,21-22,25H,13-16H2,1-3H3,(H,28,33)(H,29,30)(H,31,32)/t19?,21-,22-,25-/m0/s1. The first-order chi connectivity index (χ1) is 17.5. The molecule has 3 N–H and O–H groups in total. The molecule has 1 fully saturated rings. The van der Waals surface area contributed by atoms with Crippen LogP contribution in [-0.4, -0.2) is 59.2 Å². The number of carbonyl (C=O) groups excluding carboxylic acids is 1. The summed E-state index contributed by atoms with van der Waals surface area (Å²) in [5, 5.41) is 21.4. The number of rotatable bonds is 10. The molecule has 200 valence electrons. The number of aliphatic carboxylic acids is 2. The summed E-state index contributed by atoms with van der Waals surface area (Å²) in [5.74, 6) is -2.98. The molecule has 10 nitrogen and oxygen atoms in total. The number of amides is 1. The number of alkyl carbamates (subject to hydrolysis) is 1. The number of hydrogen-bond donors (Lipinski definition) is 3. The zero-order valence-corrected chi connectivity index (χ0v) is 21.1. The molecule has 1 unspecified atom stereocenters. The van der Waals surface area contributed by atoms with Crippen LogP contribution in [0.3, 0.4) is 0 Å². The zero-order chi connectivity index (χ0) is 27.0. The van der Waals surface area contributed by atoms with Gasteiger partial charge in [0.25, 0.3) is 0 Å². The summed E-state index contributed by atoms with van der Waals surface area (Å²) < 4.78 is 22.5. The molecule has 0 saturated carbocycles. The first-order valence-electron chi connectivity index (χ1n) is 12.0. The SMILES string of the molecule is CC(C)(C)OC(=O)N[C@@H](CC(Cc1ccc(O[C@H]2CO[C@H](c3ccccc3)OC2)cc1)C(=O)O)C(=O)O. The van der Waals surface area contributed by atoms with E-state index in [0.29, 0.717) is 24.5 Å². The molecule has 1 aliphatic rings. The number of carboxylic acids is 2.